The van der Waals surface area contributed by atoms with Crippen LogP contribution in [0.5, 0.6) is 0 Å². The minimum atomic E-state index is -0.0402. The van der Waals surface area contributed by atoms with E-state index in [1.54, 1.807) is 34.9 Å². The van der Waals surface area contributed by atoms with E-state index in [2.05, 4.69) is 0 Å². The number of nitrogens with two attached hydrogens (primary N) is 1. The van der Waals surface area contributed by atoms with E-state index in [4.69, 9.17) is 10.2 Å². The fraction of sp³-hybridized carbons (Fsp3) is 0.368. The number of amides is 2. The summed E-state index contributed by atoms with van der Waals surface area (Å²) in [5, 5.41) is 0. The van der Waals surface area contributed by atoms with Gasteiger partial charge in [-0.3, -0.25) is 9.59 Å². The molecule has 2 heterocycles. The van der Waals surface area contributed by atoms with E-state index in [1.807, 2.05) is 19.9 Å². The van der Waals surface area contributed by atoms with Gasteiger partial charge in [0.25, 0.3) is 11.8 Å². The Hall–Kier alpha value is -2.47. The molecule has 26 heavy (non-hydrogen) atoms. The molecule has 1 saturated heterocycles. The summed E-state index contributed by atoms with van der Waals surface area (Å²) in [5.74, 6) is 1.29. The lowest BCUT2D eigenvalue weighted by molar-refractivity contribution is 0.0534. The van der Waals surface area contributed by atoms with Crippen molar-refractivity contribution in [1.29, 1.82) is 0 Å². The molecule has 0 radical (unpaired) electrons. The van der Waals surface area contributed by atoms with Gasteiger partial charge in [0.1, 0.15) is 11.5 Å². The van der Waals surface area contributed by atoms with E-state index in [1.165, 1.54) is 0 Å². The monoisotopic (exact) mass is 377 g/mol. The lowest BCUT2D eigenvalue weighted by Gasteiger charge is -2.35. The number of carbonyl (C=O) groups is 2. The largest absolute Gasteiger partial charge is 0.466 e. The normalized spacial score (nSPS) is 14.1. The van der Waals surface area contributed by atoms with Crippen molar-refractivity contribution >= 4 is 29.9 Å². The Morgan fingerprint density at radius 1 is 0.923 bits per heavy atom. The lowest BCUT2D eigenvalue weighted by atomic mass is 10.1. The zero-order chi connectivity index (χ0) is 18.1. The Labute approximate surface area is 159 Å². The molecule has 6 nitrogen and oxygen atoms in total. The fourth-order valence-corrected chi connectivity index (χ4v) is 3.17. The Bertz CT molecular complexity index is 823. The Kier molecular flexibility index (Phi) is 5.97. The molecule has 0 bridgehead atoms. The molecule has 0 unspecified atom stereocenters. The minimum absolute atomic E-state index is 0. The lowest BCUT2D eigenvalue weighted by Crippen LogP contribution is -2.50. The predicted molar refractivity (Wildman–Crippen MR) is 103 cm³/mol. The van der Waals surface area contributed by atoms with Gasteiger partial charge in [-0.25, -0.2) is 0 Å². The average Bonchev–Trinajstić information content (AvgIpc) is 2.94. The van der Waals surface area contributed by atoms with Crippen LogP contribution in [0.4, 0.5) is 5.69 Å². The van der Waals surface area contributed by atoms with E-state index in [0.717, 1.165) is 11.3 Å². The molecule has 140 valence electrons. The summed E-state index contributed by atoms with van der Waals surface area (Å²) in [6.07, 6.45) is 0. The van der Waals surface area contributed by atoms with Gasteiger partial charge in [0, 0.05) is 37.4 Å². The third kappa shape index (κ3) is 3.85. The zero-order valence-corrected chi connectivity index (χ0v) is 16.1. The smallest absolute Gasteiger partial charge is 0.257 e. The molecule has 0 atom stereocenters. The Morgan fingerprint density at radius 2 is 1.46 bits per heavy atom. The number of nitrogen functional groups attached to an aromatic ring is 1. The van der Waals surface area contributed by atoms with E-state index < -0.39 is 0 Å². The Balaban J connectivity index is 0.00000243. The summed E-state index contributed by atoms with van der Waals surface area (Å²) in [6, 6.07) is 7.13. The number of benzene rings is 1. The zero-order valence-electron chi connectivity index (χ0n) is 15.2. The summed E-state index contributed by atoms with van der Waals surface area (Å²) in [4.78, 5) is 28.9. The van der Waals surface area contributed by atoms with Crippen LogP contribution >= 0.6 is 12.4 Å². The highest BCUT2D eigenvalue weighted by Gasteiger charge is 2.27. The van der Waals surface area contributed by atoms with Gasteiger partial charge in [-0.1, -0.05) is 6.07 Å². The first kappa shape index (κ1) is 19.8. The molecular weight excluding hydrogens is 354 g/mol. The van der Waals surface area contributed by atoms with Crippen LogP contribution < -0.4 is 5.73 Å². The molecule has 7 heteroatoms. The highest BCUT2D eigenvalue weighted by Crippen LogP contribution is 2.19. The van der Waals surface area contributed by atoms with Crippen LogP contribution in [-0.2, 0) is 0 Å². The fourth-order valence-electron chi connectivity index (χ4n) is 3.17. The number of rotatable bonds is 2. The van der Waals surface area contributed by atoms with E-state index in [-0.39, 0.29) is 24.2 Å². The quantitative estimate of drug-likeness (QED) is 0.816. The predicted octanol–water partition coefficient (Wildman–Crippen LogP) is 2.81. The molecular formula is C19H24ClN3O3. The van der Waals surface area contributed by atoms with Crippen molar-refractivity contribution in [3.05, 3.63) is 52.5 Å². The van der Waals surface area contributed by atoms with Crippen molar-refractivity contribution in [2.45, 2.75) is 20.8 Å². The number of furan rings is 1. The van der Waals surface area contributed by atoms with Crippen LogP contribution in [0.15, 0.2) is 28.7 Å². The molecule has 1 aromatic heterocycles. The molecule has 1 aromatic carbocycles. The first-order valence-electron chi connectivity index (χ1n) is 8.38. The van der Waals surface area contributed by atoms with Crippen molar-refractivity contribution in [1.82, 2.24) is 9.80 Å². The van der Waals surface area contributed by atoms with Crippen molar-refractivity contribution < 1.29 is 14.0 Å². The van der Waals surface area contributed by atoms with E-state index >= 15 is 0 Å². The maximum atomic E-state index is 12.7. The van der Waals surface area contributed by atoms with E-state index in [9.17, 15) is 9.59 Å². The molecule has 2 amide bonds. The second kappa shape index (κ2) is 7.83. The topological polar surface area (TPSA) is 79.8 Å². The van der Waals surface area contributed by atoms with Gasteiger partial charge in [0.15, 0.2) is 0 Å². The van der Waals surface area contributed by atoms with Crippen LogP contribution in [0.1, 0.15) is 37.8 Å². The summed E-state index contributed by atoms with van der Waals surface area (Å²) in [6.45, 7) is 7.56. The van der Waals surface area contributed by atoms with Crippen LogP contribution in [-0.4, -0.2) is 47.8 Å². The number of hydrogen-bond acceptors (Lipinski definition) is 4. The molecule has 1 fully saturated rings. The van der Waals surface area contributed by atoms with Gasteiger partial charge in [0.05, 0.1) is 5.56 Å². The molecule has 3 rings (SSSR count). The van der Waals surface area contributed by atoms with Crippen LogP contribution in [0.2, 0.25) is 0 Å². The average molecular weight is 378 g/mol. The maximum absolute atomic E-state index is 12.7. The van der Waals surface area contributed by atoms with Gasteiger partial charge >= 0.3 is 0 Å². The van der Waals surface area contributed by atoms with Crippen molar-refractivity contribution in [2.24, 2.45) is 0 Å². The molecule has 2 aromatic rings. The number of carbonyl (C=O) groups excluding carboxylic acids is 2. The number of nitrogens with zero attached hydrogens (tertiary/aromatic N) is 2. The third-order valence-corrected chi connectivity index (χ3v) is 4.62. The van der Waals surface area contributed by atoms with Gasteiger partial charge < -0.3 is 20.0 Å². The number of anilines is 1. The van der Waals surface area contributed by atoms with Gasteiger partial charge in [-0.05, 0) is 44.5 Å². The summed E-state index contributed by atoms with van der Waals surface area (Å²) in [7, 11) is 0. The molecule has 0 saturated carbocycles. The highest BCUT2D eigenvalue weighted by molar-refractivity contribution is 5.97. The molecule has 2 N–H and O–H groups in total. The van der Waals surface area contributed by atoms with Gasteiger partial charge in [0.2, 0.25) is 0 Å². The standard InChI is InChI=1S/C19H23N3O3.ClH/c1-12-4-5-15(20)11-16(12)18(23)21-6-8-22(9-7-21)19(24)17-10-13(2)25-14(17)3;/h4-5,10-11H,6-9,20H2,1-3H3;1H. The van der Waals surface area contributed by atoms with Crippen molar-refractivity contribution in [3.63, 3.8) is 0 Å². The van der Waals surface area contributed by atoms with Crippen molar-refractivity contribution in [3.8, 4) is 0 Å². The number of halogens is 1. The van der Waals surface area contributed by atoms with Gasteiger partial charge in [-0.15, -0.1) is 12.4 Å². The van der Waals surface area contributed by atoms with Crippen LogP contribution in [0.25, 0.3) is 0 Å². The highest BCUT2D eigenvalue weighted by atomic mass is 35.5. The molecule has 1 aliphatic rings. The van der Waals surface area contributed by atoms with Crippen LogP contribution in [0.3, 0.4) is 0 Å². The summed E-state index contributed by atoms with van der Waals surface area (Å²) < 4.78 is 5.44. The minimum Gasteiger partial charge on any atom is -0.466 e. The SMILES string of the molecule is Cc1cc(C(=O)N2CCN(C(=O)c3cc(N)ccc3C)CC2)c(C)o1.Cl. The second-order valence-electron chi connectivity index (χ2n) is 6.49. The Morgan fingerprint density at radius 3 is 1.96 bits per heavy atom. The van der Waals surface area contributed by atoms with Gasteiger partial charge in [-0.2, -0.15) is 0 Å². The molecule has 1 aliphatic heterocycles. The summed E-state index contributed by atoms with van der Waals surface area (Å²) in [5.41, 5.74) is 8.51. The van der Waals surface area contributed by atoms with Crippen LogP contribution in [0, 0.1) is 20.8 Å². The summed E-state index contributed by atoms with van der Waals surface area (Å²) >= 11 is 0. The first-order chi connectivity index (χ1) is 11.9. The molecule has 0 spiro atoms. The third-order valence-electron chi connectivity index (χ3n) is 4.62. The number of piperazine rings is 1. The number of hydrogen-bond donors (Lipinski definition) is 1. The maximum Gasteiger partial charge on any atom is 0.257 e. The number of aryl methyl sites for hydroxylation is 3. The van der Waals surface area contributed by atoms with E-state index in [0.29, 0.717) is 48.8 Å². The van der Waals surface area contributed by atoms with Crippen molar-refractivity contribution in [2.75, 3.05) is 31.9 Å². The first-order valence-corrected chi connectivity index (χ1v) is 8.38. The second-order valence-corrected chi connectivity index (χ2v) is 6.49. The molecule has 0 aliphatic carbocycles.